The molecular weight excluding hydrogens is 344 g/mol. The Balaban J connectivity index is 1.34. The molecule has 0 spiro atoms. The van der Waals surface area contributed by atoms with E-state index >= 15 is 0 Å². The zero-order valence-corrected chi connectivity index (χ0v) is 15.5. The van der Waals surface area contributed by atoms with Gasteiger partial charge in [-0.1, -0.05) is 42.5 Å². The first-order chi connectivity index (χ1) is 12.8. The molecule has 4 rings (SSSR count). The summed E-state index contributed by atoms with van der Waals surface area (Å²) in [6.45, 7) is 2.88. The van der Waals surface area contributed by atoms with Crippen molar-refractivity contribution in [1.82, 2.24) is 9.88 Å². The molecular formula is C21H22N2O2S. The summed E-state index contributed by atoms with van der Waals surface area (Å²) in [6.07, 6.45) is 2.13. The van der Waals surface area contributed by atoms with E-state index in [0.29, 0.717) is 24.1 Å². The van der Waals surface area contributed by atoms with Crippen LogP contribution in [0.2, 0.25) is 0 Å². The van der Waals surface area contributed by atoms with E-state index in [0.717, 1.165) is 36.1 Å². The van der Waals surface area contributed by atoms with Crippen LogP contribution in [0.4, 0.5) is 0 Å². The van der Waals surface area contributed by atoms with Crippen molar-refractivity contribution in [3.8, 4) is 0 Å². The summed E-state index contributed by atoms with van der Waals surface area (Å²) in [7, 11) is 0. The highest BCUT2D eigenvalue weighted by atomic mass is 32.1. The molecule has 5 heteroatoms. The molecule has 0 radical (unpaired) electrons. The molecule has 1 atom stereocenters. The Labute approximate surface area is 157 Å². The van der Waals surface area contributed by atoms with E-state index in [4.69, 9.17) is 4.74 Å². The van der Waals surface area contributed by atoms with Crippen LogP contribution in [0.1, 0.15) is 28.2 Å². The van der Waals surface area contributed by atoms with Gasteiger partial charge in [0.2, 0.25) is 0 Å². The highest BCUT2D eigenvalue weighted by Crippen LogP contribution is 2.25. The number of aromatic nitrogens is 1. The molecule has 134 valence electrons. The van der Waals surface area contributed by atoms with Gasteiger partial charge < -0.3 is 9.64 Å². The summed E-state index contributed by atoms with van der Waals surface area (Å²) in [5.41, 5.74) is 2.09. The Morgan fingerprint density at radius 2 is 1.96 bits per heavy atom. The number of fused-ring (bicyclic) bond motifs is 1. The lowest BCUT2D eigenvalue weighted by atomic mass is 9.99. The number of rotatable bonds is 5. The van der Waals surface area contributed by atoms with Crippen LogP contribution in [0.15, 0.2) is 54.6 Å². The fourth-order valence-electron chi connectivity index (χ4n) is 3.40. The van der Waals surface area contributed by atoms with Crippen molar-refractivity contribution in [3.05, 3.63) is 65.2 Å². The SMILES string of the molecule is O=C(c1nc2ccccc2s1)N1CCCC(COCc2ccccc2)C1. The van der Waals surface area contributed by atoms with Crippen molar-refractivity contribution in [2.45, 2.75) is 19.4 Å². The highest BCUT2D eigenvalue weighted by Gasteiger charge is 2.26. The third kappa shape index (κ3) is 3.94. The van der Waals surface area contributed by atoms with Gasteiger partial charge >= 0.3 is 0 Å². The number of thiazole rings is 1. The molecule has 1 aromatic heterocycles. The second kappa shape index (κ2) is 7.98. The van der Waals surface area contributed by atoms with Crippen molar-refractivity contribution >= 4 is 27.5 Å². The van der Waals surface area contributed by atoms with Crippen LogP contribution in [0, 0.1) is 5.92 Å². The Hall–Kier alpha value is -2.24. The van der Waals surface area contributed by atoms with Crippen LogP contribution < -0.4 is 0 Å². The molecule has 1 saturated heterocycles. The van der Waals surface area contributed by atoms with E-state index < -0.39 is 0 Å². The number of nitrogens with zero attached hydrogens (tertiary/aromatic N) is 2. The van der Waals surface area contributed by atoms with E-state index in [-0.39, 0.29) is 5.91 Å². The normalized spacial score (nSPS) is 17.5. The number of piperidine rings is 1. The summed E-state index contributed by atoms with van der Waals surface area (Å²) in [5, 5.41) is 0.594. The number of hydrogen-bond acceptors (Lipinski definition) is 4. The lowest BCUT2D eigenvalue weighted by Gasteiger charge is -2.32. The molecule has 4 nitrogen and oxygen atoms in total. The molecule has 0 bridgehead atoms. The molecule has 0 aliphatic carbocycles. The molecule has 1 aliphatic rings. The monoisotopic (exact) mass is 366 g/mol. The Kier molecular flexibility index (Phi) is 5.27. The first-order valence-electron chi connectivity index (χ1n) is 9.06. The zero-order valence-electron chi connectivity index (χ0n) is 14.6. The van der Waals surface area contributed by atoms with E-state index in [1.54, 1.807) is 0 Å². The topological polar surface area (TPSA) is 42.4 Å². The fraction of sp³-hybridized carbons (Fsp3) is 0.333. The van der Waals surface area contributed by atoms with Crippen LogP contribution in [0.25, 0.3) is 10.2 Å². The number of para-hydroxylation sites is 1. The van der Waals surface area contributed by atoms with Gasteiger partial charge in [0, 0.05) is 13.1 Å². The quantitative estimate of drug-likeness (QED) is 0.673. The minimum Gasteiger partial charge on any atom is -0.376 e. The molecule has 2 aromatic carbocycles. The van der Waals surface area contributed by atoms with Gasteiger partial charge in [0.25, 0.3) is 5.91 Å². The number of amides is 1. The smallest absolute Gasteiger partial charge is 0.282 e. The number of benzene rings is 2. The largest absolute Gasteiger partial charge is 0.376 e. The average molecular weight is 366 g/mol. The maximum Gasteiger partial charge on any atom is 0.282 e. The molecule has 26 heavy (non-hydrogen) atoms. The lowest BCUT2D eigenvalue weighted by Crippen LogP contribution is -2.41. The van der Waals surface area contributed by atoms with Crippen LogP contribution in [-0.2, 0) is 11.3 Å². The predicted octanol–water partition coefficient (Wildman–Crippen LogP) is 4.37. The van der Waals surface area contributed by atoms with Crippen molar-refractivity contribution in [2.75, 3.05) is 19.7 Å². The molecule has 1 amide bonds. The number of ether oxygens (including phenoxy) is 1. The Morgan fingerprint density at radius 1 is 1.15 bits per heavy atom. The molecule has 0 saturated carbocycles. The minimum absolute atomic E-state index is 0.0546. The van der Waals surface area contributed by atoms with Gasteiger partial charge in [-0.2, -0.15) is 0 Å². The van der Waals surface area contributed by atoms with Gasteiger partial charge in [0.05, 0.1) is 23.4 Å². The van der Waals surface area contributed by atoms with Gasteiger partial charge in [-0.3, -0.25) is 4.79 Å². The number of carbonyl (C=O) groups is 1. The number of carbonyl (C=O) groups excluding carboxylic acids is 1. The average Bonchev–Trinajstić information content (AvgIpc) is 3.13. The maximum atomic E-state index is 12.8. The van der Waals surface area contributed by atoms with E-state index in [1.165, 1.54) is 16.9 Å². The van der Waals surface area contributed by atoms with E-state index in [1.807, 2.05) is 47.4 Å². The second-order valence-corrected chi connectivity index (χ2v) is 7.78. The van der Waals surface area contributed by atoms with Crippen molar-refractivity contribution in [1.29, 1.82) is 0 Å². The number of hydrogen-bond donors (Lipinski definition) is 0. The third-order valence-electron chi connectivity index (χ3n) is 4.75. The standard InChI is InChI=1S/C21H22N2O2S/c24-21(20-22-18-10-4-5-11-19(18)26-20)23-12-6-9-17(13-23)15-25-14-16-7-2-1-3-8-16/h1-5,7-8,10-11,17H,6,9,12-15H2. The highest BCUT2D eigenvalue weighted by molar-refractivity contribution is 7.20. The number of likely N-dealkylation sites (tertiary alicyclic amines) is 1. The lowest BCUT2D eigenvalue weighted by molar-refractivity contribution is 0.0425. The van der Waals surface area contributed by atoms with Crippen LogP contribution in [-0.4, -0.2) is 35.5 Å². The van der Waals surface area contributed by atoms with E-state index in [2.05, 4.69) is 17.1 Å². The van der Waals surface area contributed by atoms with Gasteiger partial charge in [-0.05, 0) is 36.5 Å². The third-order valence-corrected chi connectivity index (χ3v) is 5.77. The second-order valence-electron chi connectivity index (χ2n) is 6.75. The molecule has 1 aliphatic heterocycles. The van der Waals surface area contributed by atoms with Gasteiger partial charge in [0.1, 0.15) is 0 Å². The molecule has 1 unspecified atom stereocenters. The minimum atomic E-state index is 0.0546. The fourth-order valence-corrected chi connectivity index (χ4v) is 4.34. The van der Waals surface area contributed by atoms with Crippen molar-refractivity contribution in [3.63, 3.8) is 0 Å². The van der Waals surface area contributed by atoms with Crippen molar-refractivity contribution < 1.29 is 9.53 Å². The Bertz CT molecular complexity index is 845. The first kappa shape index (κ1) is 17.2. The van der Waals surface area contributed by atoms with Crippen LogP contribution in [0.5, 0.6) is 0 Å². The van der Waals surface area contributed by atoms with Gasteiger partial charge in [0.15, 0.2) is 5.01 Å². The molecule has 1 fully saturated rings. The first-order valence-corrected chi connectivity index (χ1v) is 9.88. The van der Waals surface area contributed by atoms with Gasteiger partial charge in [-0.15, -0.1) is 11.3 Å². The molecule has 0 N–H and O–H groups in total. The maximum absolute atomic E-state index is 12.8. The van der Waals surface area contributed by atoms with E-state index in [9.17, 15) is 4.79 Å². The molecule has 2 heterocycles. The molecule has 3 aromatic rings. The summed E-state index contributed by atoms with van der Waals surface area (Å²) >= 11 is 1.48. The summed E-state index contributed by atoms with van der Waals surface area (Å²) in [6, 6.07) is 18.1. The van der Waals surface area contributed by atoms with Crippen molar-refractivity contribution in [2.24, 2.45) is 5.92 Å². The van der Waals surface area contributed by atoms with Gasteiger partial charge in [-0.25, -0.2) is 4.98 Å². The predicted molar refractivity (Wildman–Crippen MR) is 104 cm³/mol. The zero-order chi connectivity index (χ0) is 17.8. The Morgan fingerprint density at radius 3 is 2.81 bits per heavy atom. The summed E-state index contributed by atoms with van der Waals surface area (Å²) in [5.74, 6) is 0.449. The van der Waals surface area contributed by atoms with Crippen LogP contribution >= 0.6 is 11.3 Å². The summed E-state index contributed by atoms with van der Waals surface area (Å²) in [4.78, 5) is 19.3. The van der Waals surface area contributed by atoms with Crippen LogP contribution in [0.3, 0.4) is 0 Å². The summed E-state index contributed by atoms with van der Waals surface area (Å²) < 4.78 is 6.96.